The topological polar surface area (TPSA) is 31.4 Å². The Kier molecular flexibility index (Phi) is 26.8. The average Bonchev–Trinajstić information content (AvgIpc) is 3.52. The van der Waals surface area contributed by atoms with E-state index in [0.717, 1.165) is 36.7 Å². The Labute approximate surface area is 343 Å². The minimum atomic E-state index is -0.308. The van der Waals surface area contributed by atoms with Gasteiger partial charge in [-0.2, -0.15) is 0 Å². The molecule has 1 aromatic heterocycles. The molecule has 0 N–H and O–H groups in total. The fraction of sp³-hybridized carbons (Fsp3) is 0.824. The van der Waals surface area contributed by atoms with Crippen molar-refractivity contribution in [3.63, 3.8) is 0 Å². The summed E-state index contributed by atoms with van der Waals surface area (Å²) >= 11 is 0. The average molecular weight is 760 g/mol. The Bertz CT molecular complexity index is 1090. The molecule has 0 amide bonds. The van der Waals surface area contributed by atoms with E-state index in [-0.39, 0.29) is 18.3 Å². The third-order valence-electron chi connectivity index (χ3n) is 13.1. The number of hydrogen-bond acceptors (Lipinski definition) is 3. The van der Waals surface area contributed by atoms with Crippen molar-refractivity contribution in [1.29, 1.82) is 0 Å². The van der Waals surface area contributed by atoms with Gasteiger partial charge in [0.1, 0.15) is 0 Å². The van der Waals surface area contributed by atoms with Crippen molar-refractivity contribution in [1.82, 2.24) is 4.98 Å². The molecule has 0 atom stereocenters. The number of hydrogen-bond donors (Lipinski definition) is 0. The van der Waals surface area contributed by atoms with Gasteiger partial charge in [-0.15, -0.1) is 0 Å². The molecule has 1 saturated heterocycles. The van der Waals surface area contributed by atoms with Crippen molar-refractivity contribution in [2.24, 2.45) is 0 Å². The highest BCUT2D eigenvalue weighted by atomic mass is 16.7. The zero-order chi connectivity index (χ0) is 39.1. The van der Waals surface area contributed by atoms with E-state index in [1.54, 1.807) is 0 Å². The highest BCUT2D eigenvalue weighted by molar-refractivity contribution is 6.62. The van der Waals surface area contributed by atoms with Gasteiger partial charge in [-0.3, -0.25) is 4.98 Å². The third kappa shape index (κ3) is 18.4. The van der Waals surface area contributed by atoms with Crippen molar-refractivity contribution >= 4 is 23.5 Å². The van der Waals surface area contributed by atoms with Gasteiger partial charge >= 0.3 is 7.12 Å². The van der Waals surface area contributed by atoms with Gasteiger partial charge in [-0.25, -0.2) is 0 Å². The van der Waals surface area contributed by atoms with Gasteiger partial charge in [0.15, 0.2) is 0 Å². The van der Waals surface area contributed by atoms with Crippen LogP contribution in [0, 0.1) is 0 Å². The Morgan fingerprint density at radius 1 is 0.418 bits per heavy atom. The summed E-state index contributed by atoms with van der Waals surface area (Å²) < 4.78 is 15.2. The predicted octanol–water partition coefficient (Wildman–Crippen LogP) is 16.6. The standard InChI is InChI=1S/C51H90BNO2/c1-5-9-13-17-21-25-29-33-41-50(42-34-30-26-22-18-14-10-6-2)51(43-35-31-27-23-19-15-11-7-3,44-36-32-28-24-20-16-12-8-4)55-52(54-50)48-40-39-47-38-37-45-53-49(47)46-48/h37-40,45-46H,5-36,41-44H2,1-4H3. The minimum absolute atomic E-state index is 0.219. The van der Waals surface area contributed by atoms with Crippen molar-refractivity contribution in [2.75, 3.05) is 0 Å². The second kappa shape index (κ2) is 30.7. The maximum Gasteiger partial charge on any atom is 0.494 e. The smallest absolute Gasteiger partial charge is 0.399 e. The summed E-state index contributed by atoms with van der Waals surface area (Å²) in [5.74, 6) is 0. The molecular formula is C51H90BNO2. The molecular weight excluding hydrogens is 669 g/mol. The molecule has 3 rings (SSSR count). The molecule has 2 heterocycles. The predicted molar refractivity (Wildman–Crippen MR) is 244 cm³/mol. The number of aromatic nitrogens is 1. The molecule has 0 bridgehead atoms. The van der Waals surface area contributed by atoms with Crippen molar-refractivity contribution in [3.05, 3.63) is 36.5 Å². The van der Waals surface area contributed by atoms with Crippen LogP contribution in [0.1, 0.15) is 259 Å². The Hall–Kier alpha value is -1.39. The lowest BCUT2D eigenvalue weighted by Crippen LogP contribution is -2.52. The summed E-state index contributed by atoms with van der Waals surface area (Å²) in [5, 5.41) is 1.19. The molecule has 4 heteroatoms. The van der Waals surface area contributed by atoms with E-state index in [9.17, 15) is 0 Å². The first kappa shape index (κ1) is 48.0. The monoisotopic (exact) mass is 760 g/mol. The van der Waals surface area contributed by atoms with E-state index in [1.807, 2.05) is 12.3 Å². The van der Waals surface area contributed by atoms with Crippen LogP contribution >= 0.6 is 0 Å². The minimum Gasteiger partial charge on any atom is -0.399 e. The molecule has 1 aliphatic heterocycles. The van der Waals surface area contributed by atoms with Crippen LogP contribution in [-0.4, -0.2) is 23.3 Å². The fourth-order valence-electron chi connectivity index (χ4n) is 9.59. The van der Waals surface area contributed by atoms with Gasteiger partial charge in [0, 0.05) is 11.6 Å². The Morgan fingerprint density at radius 3 is 1.09 bits per heavy atom. The Balaban J connectivity index is 1.86. The number of rotatable bonds is 37. The molecule has 1 aliphatic rings. The van der Waals surface area contributed by atoms with Crippen molar-refractivity contribution < 1.29 is 9.31 Å². The van der Waals surface area contributed by atoms with Crippen LogP contribution in [0.3, 0.4) is 0 Å². The lowest BCUT2D eigenvalue weighted by atomic mass is 9.70. The molecule has 0 spiro atoms. The fourth-order valence-corrected chi connectivity index (χ4v) is 9.59. The zero-order valence-corrected chi connectivity index (χ0v) is 37.3. The maximum absolute atomic E-state index is 7.61. The SMILES string of the molecule is CCCCCCCCCCC1(CCCCCCCCCC)OB(c2ccc3cccnc3c2)OC1(CCCCCCCCCC)CCCCCCCCCC. The second-order valence-electron chi connectivity index (χ2n) is 17.9. The number of unbranched alkanes of at least 4 members (excludes halogenated alkanes) is 28. The van der Waals surface area contributed by atoms with Crippen LogP contribution in [-0.2, 0) is 9.31 Å². The molecule has 0 radical (unpaired) electrons. The quantitative estimate of drug-likeness (QED) is 0.0508. The summed E-state index contributed by atoms with van der Waals surface area (Å²) in [4.78, 5) is 4.76. The van der Waals surface area contributed by atoms with E-state index in [4.69, 9.17) is 14.3 Å². The highest BCUT2D eigenvalue weighted by Crippen LogP contribution is 2.51. The van der Waals surface area contributed by atoms with Gasteiger partial charge in [-0.05, 0) is 43.3 Å². The van der Waals surface area contributed by atoms with E-state index in [1.165, 1.54) is 211 Å². The zero-order valence-electron chi connectivity index (χ0n) is 37.3. The highest BCUT2D eigenvalue weighted by Gasteiger charge is 2.60. The molecule has 0 aliphatic carbocycles. The molecule has 314 valence electrons. The van der Waals surface area contributed by atoms with Crippen LogP contribution < -0.4 is 5.46 Å². The third-order valence-corrected chi connectivity index (χ3v) is 13.1. The summed E-state index contributed by atoms with van der Waals surface area (Å²) in [6.07, 6.45) is 49.9. The summed E-state index contributed by atoms with van der Waals surface area (Å²) in [6.45, 7) is 9.30. The van der Waals surface area contributed by atoms with Gasteiger partial charge in [-0.1, -0.05) is 251 Å². The van der Waals surface area contributed by atoms with Gasteiger partial charge in [0.25, 0.3) is 0 Å². The lowest BCUT2D eigenvalue weighted by Gasteiger charge is -2.46. The van der Waals surface area contributed by atoms with E-state index < -0.39 is 0 Å². The number of nitrogens with zero attached hydrogens (tertiary/aromatic N) is 1. The molecule has 0 saturated carbocycles. The summed E-state index contributed by atoms with van der Waals surface area (Å²) in [7, 11) is -0.308. The summed E-state index contributed by atoms with van der Waals surface area (Å²) in [5.41, 5.74) is 1.77. The molecule has 3 nitrogen and oxygen atoms in total. The van der Waals surface area contributed by atoms with Gasteiger partial charge < -0.3 is 9.31 Å². The first-order chi connectivity index (χ1) is 27.1. The molecule has 2 aromatic rings. The van der Waals surface area contributed by atoms with Crippen LogP contribution in [0.25, 0.3) is 10.9 Å². The van der Waals surface area contributed by atoms with Crippen molar-refractivity contribution in [2.45, 2.75) is 270 Å². The van der Waals surface area contributed by atoms with E-state index in [2.05, 4.69) is 52.0 Å². The number of fused-ring (bicyclic) bond motifs is 1. The van der Waals surface area contributed by atoms with Crippen LogP contribution in [0.4, 0.5) is 0 Å². The van der Waals surface area contributed by atoms with Gasteiger partial charge in [0.05, 0.1) is 16.7 Å². The number of benzene rings is 1. The van der Waals surface area contributed by atoms with Crippen LogP contribution in [0.2, 0.25) is 0 Å². The molecule has 0 unspecified atom stereocenters. The van der Waals surface area contributed by atoms with E-state index >= 15 is 0 Å². The van der Waals surface area contributed by atoms with Crippen LogP contribution in [0.5, 0.6) is 0 Å². The van der Waals surface area contributed by atoms with Crippen LogP contribution in [0.15, 0.2) is 36.5 Å². The first-order valence-corrected chi connectivity index (χ1v) is 24.8. The molecule has 55 heavy (non-hydrogen) atoms. The lowest BCUT2D eigenvalue weighted by molar-refractivity contribution is -0.0770. The molecule has 1 fully saturated rings. The summed E-state index contributed by atoms with van der Waals surface area (Å²) in [6, 6.07) is 11.0. The Morgan fingerprint density at radius 2 is 0.745 bits per heavy atom. The van der Waals surface area contributed by atoms with E-state index in [0.29, 0.717) is 0 Å². The number of pyridine rings is 1. The second-order valence-corrected chi connectivity index (χ2v) is 17.9. The largest absolute Gasteiger partial charge is 0.494 e. The maximum atomic E-state index is 7.61. The normalized spacial score (nSPS) is 15.1. The first-order valence-electron chi connectivity index (χ1n) is 24.8. The van der Waals surface area contributed by atoms with Crippen molar-refractivity contribution in [3.8, 4) is 0 Å². The van der Waals surface area contributed by atoms with Gasteiger partial charge in [0.2, 0.25) is 0 Å². The molecule has 1 aromatic carbocycles.